The third-order valence-corrected chi connectivity index (χ3v) is 4.08. The molecule has 0 aliphatic carbocycles. The first-order chi connectivity index (χ1) is 13.0. The Labute approximate surface area is 160 Å². The van der Waals surface area contributed by atoms with Crippen molar-refractivity contribution < 1.29 is 14.5 Å². The lowest BCUT2D eigenvalue weighted by molar-refractivity contribution is -0.384. The summed E-state index contributed by atoms with van der Waals surface area (Å²) in [6.07, 6.45) is 0. The van der Waals surface area contributed by atoms with E-state index in [1.807, 2.05) is 30.3 Å². The summed E-state index contributed by atoms with van der Waals surface area (Å²) < 4.78 is 5.73. The lowest BCUT2D eigenvalue weighted by Crippen LogP contribution is -2.13. The van der Waals surface area contributed by atoms with E-state index in [0.29, 0.717) is 18.0 Å². The average Bonchev–Trinajstić information content (AvgIpc) is 2.67. The Kier molecular flexibility index (Phi) is 5.68. The first-order valence-corrected chi connectivity index (χ1v) is 8.43. The number of nitro groups is 1. The van der Waals surface area contributed by atoms with Crippen molar-refractivity contribution in [3.8, 4) is 5.75 Å². The summed E-state index contributed by atoms with van der Waals surface area (Å²) in [4.78, 5) is 22.8. The van der Waals surface area contributed by atoms with Gasteiger partial charge in [-0.2, -0.15) is 0 Å². The summed E-state index contributed by atoms with van der Waals surface area (Å²) in [6.45, 7) is 0.398. The molecule has 7 heteroatoms. The maximum absolute atomic E-state index is 12.4. The van der Waals surface area contributed by atoms with E-state index >= 15 is 0 Å². The molecule has 0 radical (unpaired) electrons. The second-order valence-corrected chi connectivity index (χ2v) is 6.08. The number of halogens is 1. The lowest BCUT2D eigenvalue weighted by Gasteiger charge is -2.10. The minimum Gasteiger partial charge on any atom is -0.489 e. The van der Waals surface area contributed by atoms with Crippen LogP contribution in [0.25, 0.3) is 0 Å². The number of amides is 1. The van der Waals surface area contributed by atoms with E-state index in [0.717, 1.165) is 11.6 Å². The molecule has 0 saturated heterocycles. The van der Waals surface area contributed by atoms with E-state index in [1.165, 1.54) is 12.1 Å². The van der Waals surface area contributed by atoms with E-state index in [1.54, 1.807) is 24.3 Å². The molecule has 0 aromatic heterocycles. The summed E-state index contributed by atoms with van der Waals surface area (Å²) >= 11 is 6.00. The number of benzene rings is 3. The Morgan fingerprint density at radius 2 is 1.81 bits per heavy atom. The van der Waals surface area contributed by atoms with Crippen molar-refractivity contribution in [1.29, 1.82) is 0 Å². The number of carbonyl (C=O) groups excluding carboxylic acids is 1. The van der Waals surface area contributed by atoms with Gasteiger partial charge in [-0.15, -0.1) is 0 Å². The molecule has 136 valence electrons. The zero-order valence-corrected chi connectivity index (χ0v) is 14.8. The topological polar surface area (TPSA) is 81.5 Å². The second-order valence-electron chi connectivity index (χ2n) is 5.68. The zero-order chi connectivity index (χ0) is 19.2. The van der Waals surface area contributed by atoms with Crippen LogP contribution in [-0.2, 0) is 6.61 Å². The number of carbonyl (C=O) groups is 1. The fourth-order valence-electron chi connectivity index (χ4n) is 2.40. The number of nitrogens with one attached hydrogen (secondary N) is 1. The number of nitrogens with zero attached hydrogens (tertiary/aromatic N) is 1. The summed E-state index contributed by atoms with van der Waals surface area (Å²) in [5.41, 5.74) is 1.34. The van der Waals surface area contributed by atoms with Crippen LogP contribution in [0.2, 0.25) is 5.02 Å². The van der Waals surface area contributed by atoms with Crippen LogP contribution < -0.4 is 10.1 Å². The van der Waals surface area contributed by atoms with Gasteiger partial charge in [0.15, 0.2) is 0 Å². The molecule has 6 nitrogen and oxygen atoms in total. The fourth-order valence-corrected chi connectivity index (χ4v) is 2.61. The predicted molar refractivity (Wildman–Crippen MR) is 103 cm³/mol. The standard InChI is InChI=1S/C20H15ClN2O4/c21-19-10-9-16(23(25)26)12-18(19)20(24)22-15-7-4-8-17(11-15)27-13-14-5-2-1-3-6-14/h1-12H,13H2,(H,22,24). The largest absolute Gasteiger partial charge is 0.489 e. The molecule has 0 bridgehead atoms. The Bertz CT molecular complexity index is 977. The van der Waals surface area contributed by atoms with E-state index in [2.05, 4.69) is 5.32 Å². The van der Waals surface area contributed by atoms with Crippen molar-refractivity contribution in [2.45, 2.75) is 6.61 Å². The highest BCUT2D eigenvalue weighted by Crippen LogP contribution is 2.24. The molecule has 3 aromatic rings. The molecule has 0 fully saturated rings. The van der Waals surface area contributed by atoms with Crippen molar-refractivity contribution in [3.63, 3.8) is 0 Å². The Morgan fingerprint density at radius 3 is 2.56 bits per heavy atom. The first kappa shape index (κ1) is 18.4. The van der Waals surface area contributed by atoms with E-state index < -0.39 is 10.8 Å². The van der Waals surface area contributed by atoms with Gasteiger partial charge in [-0.05, 0) is 23.8 Å². The number of nitro benzene ring substituents is 1. The van der Waals surface area contributed by atoms with Crippen LogP contribution in [0.4, 0.5) is 11.4 Å². The molecular formula is C20H15ClN2O4. The minimum absolute atomic E-state index is 0.0291. The highest BCUT2D eigenvalue weighted by atomic mass is 35.5. The molecule has 3 rings (SSSR count). The predicted octanol–water partition coefficient (Wildman–Crippen LogP) is 5.08. The highest BCUT2D eigenvalue weighted by Gasteiger charge is 2.16. The number of hydrogen-bond acceptors (Lipinski definition) is 4. The van der Waals surface area contributed by atoms with E-state index in [-0.39, 0.29) is 16.3 Å². The van der Waals surface area contributed by atoms with Gasteiger partial charge in [0.1, 0.15) is 12.4 Å². The van der Waals surface area contributed by atoms with Crippen LogP contribution in [-0.4, -0.2) is 10.8 Å². The number of ether oxygens (including phenoxy) is 1. The normalized spacial score (nSPS) is 10.3. The van der Waals surface area contributed by atoms with Crippen LogP contribution in [0.5, 0.6) is 5.75 Å². The Morgan fingerprint density at radius 1 is 1.04 bits per heavy atom. The van der Waals surface area contributed by atoms with Gasteiger partial charge in [-0.1, -0.05) is 48.0 Å². The molecule has 1 N–H and O–H groups in total. The highest BCUT2D eigenvalue weighted by molar-refractivity contribution is 6.34. The summed E-state index contributed by atoms with van der Waals surface area (Å²) in [5.74, 6) is 0.0469. The Balaban J connectivity index is 1.71. The first-order valence-electron chi connectivity index (χ1n) is 8.05. The van der Waals surface area contributed by atoms with Crippen LogP contribution in [0.15, 0.2) is 72.8 Å². The van der Waals surface area contributed by atoms with E-state index in [4.69, 9.17) is 16.3 Å². The molecule has 0 unspecified atom stereocenters. The van der Waals surface area contributed by atoms with Gasteiger partial charge in [0.25, 0.3) is 11.6 Å². The monoisotopic (exact) mass is 382 g/mol. The van der Waals surface area contributed by atoms with Gasteiger partial charge in [-0.3, -0.25) is 14.9 Å². The quantitative estimate of drug-likeness (QED) is 0.476. The van der Waals surface area contributed by atoms with E-state index in [9.17, 15) is 14.9 Å². The molecule has 0 aliphatic rings. The molecule has 1 amide bonds. The maximum Gasteiger partial charge on any atom is 0.270 e. The fraction of sp³-hybridized carbons (Fsp3) is 0.0500. The lowest BCUT2D eigenvalue weighted by atomic mass is 10.2. The van der Waals surface area contributed by atoms with Crippen molar-refractivity contribution >= 4 is 28.9 Å². The minimum atomic E-state index is -0.578. The van der Waals surface area contributed by atoms with Crippen LogP contribution >= 0.6 is 11.6 Å². The van der Waals surface area contributed by atoms with Gasteiger partial charge >= 0.3 is 0 Å². The smallest absolute Gasteiger partial charge is 0.270 e. The van der Waals surface area contributed by atoms with Crippen molar-refractivity contribution in [1.82, 2.24) is 0 Å². The average molecular weight is 383 g/mol. The molecule has 0 atom stereocenters. The number of non-ortho nitro benzene ring substituents is 1. The van der Waals surface area contributed by atoms with Crippen LogP contribution in [0.1, 0.15) is 15.9 Å². The molecule has 27 heavy (non-hydrogen) atoms. The van der Waals surface area contributed by atoms with Crippen molar-refractivity contribution in [2.24, 2.45) is 0 Å². The van der Waals surface area contributed by atoms with Crippen LogP contribution in [0.3, 0.4) is 0 Å². The Hall–Kier alpha value is -3.38. The van der Waals surface area contributed by atoms with Gasteiger partial charge < -0.3 is 10.1 Å². The third kappa shape index (κ3) is 4.83. The molecule has 0 spiro atoms. The molecule has 3 aromatic carbocycles. The second kappa shape index (κ2) is 8.33. The molecule has 0 heterocycles. The number of rotatable bonds is 6. The number of hydrogen-bond donors (Lipinski definition) is 1. The number of anilines is 1. The van der Waals surface area contributed by atoms with Crippen molar-refractivity contribution in [3.05, 3.63) is 99.1 Å². The summed E-state index contributed by atoms with van der Waals surface area (Å²) in [7, 11) is 0. The van der Waals surface area contributed by atoms with Crippen LogP contribution in [0, 0.1) is 10.1 Å². The van der Waals surface area contributed by atoms with Gasteiger partial charge in [0.2, 0.25) is 0 Å². The summed E-state index contributed by atoms with van der Waals surface area (Å²) in [5, 5.41) is 13.7. The zero-order valence-electron chi connectivity index (χ0n) is 14.1. The van der Waals surface area contributed by atoms with Gasteiger partial charge in [0, 0.05) is 23.9 Å². The third-order valence-electron chi connectivity index (χ3n) is 3.75. The van der Waals surface area contributed by atoms with Crippen molar-refractivity contribution in [2.75, 3.05) is 5.32 Å². The maximum atomic E-state index is 12.4. The molecule has 0 saturated carbocycles. The molecular weight excluding hydrogens is 368 g/mol. The van der Waals surface area contributed by atoms with Gasteiger partial charge in [-0.25, -0.2) is 0 Å². The summed E-state index contributed by atoms with van der Waals surface area (Å²) in [6, 6.07) is 20.3. The molecule has 0 aliphatic heterocycles. The SMILES string of the molecule is O=C(Nc1cccc(OCc2ccccc2)c1)c1cc([N+](=O)[O-])ccc1Cl. The van der Waals surface area contributed by atoms with Gasteiger partial charge in [0.05, 0.1) is 15.5 Å².